The van der Waals surface area contributed by atoms with E-state index in [1.165, 1.54) is 0 Å². The van der Waals surface area contributed by atoms with Crippen LogP contribution in [0.3, 0.4) is 0 Å². The maximum atomic E-state index is 13.3. The van der Waals surface area contributed by atoms with E-state index in [9.17, 15) is 4.79 Å². The molecule has 2 heterocycles. The maximum Gasteiger partial charge on any atom is 0.329 e. The van der Waals surface area contributed by atoms with Gasteiger partial charge in [0.2, 0.25) is 5.95 Å². The first kappa shape index (κ1) is 21.0. The molecule has 156 valence electrons. The van der Waals surface area contributed by atoms with Crippen molar-refractivity contribution in [1.29, 1.82) is 0 Å². The summed E-state index contributed by atoms with van der Waals surface area (Å²) < 4.78 is 2.04. The van der Waals surface area contributed by atoms with Gasteiger partial charge < -0.3 is 5.32 Å². The summed E-state index contributed by atoms with van der Waals surface area (Å²) in [4.78, 5) is 14.9. The van der Waals surface area contributed by atoms with E-state index < -0.39 is 0 Å². The molecule has 1 aliphatic heterocycles. The molecule has 1 aliphatic rings. The van der Waals surface area contributed by atoms with Gasteiger partial charge in [-0.25, -0.2) is 4.79 Å². The third kappa shape index (κ3) is 4.72. The third-order valence-electron chi connectivity index (χ3n) is 5.00. The van der Waals surface area contributed by atoms with Gasteiger partial charge in [0.1, 0.15) is 5.82 Å². The van der Waals surface area contributed by atoms with E-state index in [0.29, 0.717) is 33.2 Å². The zero-order valence-electron chi connectivity index (χ0n) is 16.1. The van der Waals surface area contributed by atoms with Crippen LogP contribution in [0.4, 0.5) is 16.4 Å². The number of aryl methyl sites for hydroxylation is 1. The molecular formula is C21H20Cl3N5O. The van der Waals surface area contributed by atoms with Gasteiger partial charge in [-0.05, 0) is 48.7 Å². The number of carbonyl (C=O) groups is 1. The first-order valence-electron chi connectivity index (χ1n) is 9.71. The lowest BCUT2D eigenvalue weighted by Gasteiger charge is -2.23. The molecule has 1 N–H and O–H groups in total. The highest BCUT2D eigenvalue weighted by Gasteiger charge is 2.25. The molecule has 2 amide bonds. The van der Waals surface area contributed by atoms with Gasteiger partial charge in [-0.3, -0.25) is 9.47 Å². The number of hydrogen-bond acceptors (Lipinski definition) is 3. The molecule has 0 bridgehead atoms. The van der Waals surface area contributed by atoms with Crippen LogP contribution in [-0.2, 0) is 19.5 Å². The molecule has 4 rings (SSSR count). The number of rotatable bonds is 4. The van der Waals surface area contributed by atoms with Crippen molar-refractivity contribution in [2.45, 2.75) is 38.8 Å². The number of benzene rings is 2. The molecule has 0 fully saturated rings. The quantitative estimate of drug-likeness (QED) is 0.500. The number of urea groups is 1. The molecule has 0 atom stereocenters. The summed E-state index contributed by atoms with van der Waals surface area (Å²) in [6.45, 7) is 1.11. The minimum atomic E-state index is -0.331. The van der Waals surface area contributed by atoms with Crippen LogP contribution in [0.1, 0.15) is 30.7 Å². The van der Waals surface area contributed by atoms with Crippen molar-refractivity contribution in [3.63, 3.8) is 0 Å². The topological polar surface area (TPSA) is 63.1 Å². The molecule has 9 heteroatoms. The van der Waals surface area contributed by atoms with Crippen molar-refractivity contribution in [3.05, 3.63) is 68.9 Å². The summed E-state index contributed by atoms with van der Waals surface area (Å²) in [7, 11) is 0. The van der Waals surface area contributed by atoms with Gasteiger partial charge in [0.15, 0.2) is 0 Å². The average Bonchev–Trinajstić information content (AvgIpc) is 2.97. The highest BCUT2D eigenvalue weighted by Crippen LogP contribution is 2.27. The lowest BCUT2D eigenvalue weighted by Crippen LogP contribution is -2.36. The Morgan fingerprint density at radius 2 is 1.80 bits per heavy atom. The number of hydrogen-bond donors (Lipinski definition) is 1. The Kier molecular flexibility index (Phi) is 6.46. The minimum absolute atomic E-state index is 0.322. The number of fused-ring (bicyclic) bond motifs is 1. The Balaban J connectivity index is 1.66. The molecular weight excluding hydrogens is 445 g/mol. The third-order valence-corrected chi connectivity index (χ3v) is 5.99. The molecule has 30 heavy (non-hydrogen) atoms. The number of nitrogens with one attached hydrogen (secondary N) is 1. The van der Waals surface area contributed by atoms with E-state index in [4.69, 9.17) is 34.8 Å². The summed E-state index contributed by atoms with van der Waals surface area (Å²) in [5.74, 6) is 1.44. The van der Waals surface area contributed by atoms with E-state index in [2.05, 4.69) is 15.5 Å². The van der Waals surface area contributed by atoms with E-state index >= 15 is 0 Å². The highest BCUT2D eigenvalue weighted by molar-refractivity contribution is 6.42. The second-order valence-corrected chi connectivity index (χ2v) is 8.40. The molecule has 0 spiro atoms. The number of nitrogens with zero attached hydrogens (tertiary/aromatic N) is 4. The SMILES string of the molecule is O=C(Nc1ccc(Cl)c(Cl)c1)N(Cc1ccc(Cl)cc1)c1nnc2n1CCCCC2. The molecule has 1 aromatic heterocycles. The molecule has 0 saturated carbocycles. The van der Waals surface area contributed by atoms with Crippen LogP contribution in [-0.4, -0.2) is 20.8 Å². The van der Waals surface area contributed by atoms with Crippen LogP contribution in [0, 0.1) is 0 Å². The fraction of sp³-hybridized carbons (Fsp3) is 0.286. The maximum absolute atomic E-state index is 13.3. The molecule has 0 saturated heterocycles. The normalized spacial score (nSPS) is 13.4. The molecule has 0 radical (unpaired) electrons. The fourth-order valence-corrected chi connectivity index (χ4v) is 3.86. The Labute approximate surface area is 189 Å². The lowest BCUT2D eigenvalue weighted by atomic mass is 10.2. The molecule has 6 nitrogen and oxygen atoms in total. The number of anilines is 2. The standard InChI is InChI=1S/C21H20Cl3N5O/c22-15-7-5-14(6-8-15)13-29(20-27-26-19-4-2-1-3-11-28(19)20)21(30)25-16-9-10-17(23)18(24)12-16/h5-10,12H,1-4,11,13H2,(H,25,30). The zero-order valence-corrected chi connectivity index (χ0v) is 18.4. The van der Waals surface area contributed by atoms with Crippen LogP contribution in [0.15, 0.2) is 42.5 Å². The number of aromatic nitrogens is 3. The second-order valence-electron chi connectivity index (χ2n) is 7.15. The summed E-state index contributed by atoms with van der Waals surface area (Å²) in [5, 5.41) is 13.0. The van der Waals surface area contributed by atoms with Gasteiger partial charge in [0.25, 0.3) is 0 Å². The van der Waals surface area contributed by atoms with Crippen molar-refractivity contribution >= 4 is 52.5 Å². The summed E-state index contributed by atoms with van der Waals surface area (Å²) in [5.41, 5.74) is 1.47. The van der Waals surface area contributed by atoms with Crippen LogP contribution in [0.5, 0.6) is 0 Å². The number of amides is 2. The predicted octanol–water partition coefficient (Wildman–Crippen LogP) is 6.20. The average molecular weight is 465 g/mol. The minimum Gasteiger partial charge on any atom is -0.307 e. The Bertz CT molecular complexity index is 1050. The Morgan fingerprint density at radius 1 is 1.00 bits per heavy atom. The first-order valence-corrected chi connectivity index (χ1v) is 10.8. The molecule has 3 aromatic rings. The number of halogens is 3. The van der Waals surface area contributed by atoms with Gasteiger partial charge in [-0.2, -0.15) is 0 Å². The monoisotopic (exact) mass is 463 g/mol. The van der Waals surface area contributed by atoms with Crippen molar-refractivity contribution in [2.75, 3.05) is 10.2 Å². The van der Waals surface area contributed by atoms with Crippen LogP contribution in [0.2, 0.25) is 15.1 Å². The van der Waals surface area contributed by atoms with E-state index in [1.54, 1.807) is 35.2 Å². The van der Waals surface area contributed by atoms with Gasteiger partial charge in [-0.1, -0.05) is 53.4 Å². The van der Waals surface area contributed by atoms with Gasteiger partial charge in [0.05, 0.1) is 16.6 Å². The Morgan fingerprint density at radius 3 is 2.57 bits per heavy atom. The van der Waals surface area contributed by atoms with Gasteiger partial charge in [0, 0.05) is 23.7 Å². The van der Waals surface area contributed by atoms with Crippen LogP contribution >= 0.6 is 34.8 Å². The smallest absolute Gasteiger partial charge is 0.307 e. The first-order chi connectivity index (χ1) is 14.5. The van der Waals surface area contributed by atoms with Crippen molar-refractivity contribution in [1.82, 2.24) is 14.8 Å². The van der Waals surface area contributed by atoms with Crippen molar-refractivity contribution in [3.8, 4) is 0 Å². The van der Waals surface area contributed by atoms with Crippen LogP contribution in [0.25, 0.3) is 0 Å². The van der Waals surface area contributed by atoms with E-state index in [0.717, 1.165) is 43.6 Å². The van der Waals surface area contributed by atoms with Gasteiger partial charge >= 0.3 is 6.03 Å². The van der Waals surface area contributed by atoms with Gasteiger partial charge in [-0.15, -0.1) is 10.2 Å². The molecule has 0 aliphatic carbocycles. The molecule has 0 unspecified atom stereocenters. The largest absolute Gasteiger partial charge is 0.329 e. The summed E-state index contributed by atoms with van der Waals surface area (Å²) in [6, 6.07) is 12.0. The Hall–Kier alpha value is -2.28. The van der Waals surface area contributed by atoms with Crippen molar-refractivity contribution < 1.29 is 4.79 Å². The van der Waals surface area contributed by atoms with E-state index in [-0.39, 0.29) is 6.03 Å². The number of carbonyl (C=O) groups excluding carboxylic acids is 1. The summed E-state index contributed by atoms with van der Waals surface area (Å²) >= 11 is 18.1. The lowest BCUT2D eigenvalue weighted by molar-refractivity contribution is 0.256. The fourth-order valence-electron chi connectivity index (χ4n) is 3.44. The molecule has 2 aromatic carbocycles. The predicted molar refractivity (Wildman–Crippen MR) is 121 cm³/mol. The highest BCUT2D eigenvalue weighted by atomic mass is 35.5. The second kappa shape index (κ2) is 9.25. The zero-order chi connectivity index (χ0) is 21.1. The summed E-state index contributed by atoms with van der Waals surface area (Å²) in [6.07, 6.45) is 4.09. The van der Waals surface area contributed by atoms with E-state index in [1.807, 2.05) is 16.7 Å². The van der Waals surface area contributed by atoms with Crippen molar-refractivity contribution in [2.24, 2.45) is 0 Å². The van der Waals surface area contributed by atoms with Crippen LogP contribution < -0.4 is 10.2 Å².